The fourth-order valence-corrected chi connectivity index (χ4v) is 3.98. The number of Topliss-reactive ketones (excluding diaryl/α,β-unsaturated/α-hetero) is 1. The first-order valence-corrected chi connectivity index (χ1v) is 9.83. The molecule has 3 aromatic carbocycles. The molecule has 0 bridgehead atoms. The Bertz CT molecular complexity index is 1350. The van der Waals surface area contributed by atoms with Crippen LogP contribution in [0.25, 0.3) is 16.5 Å². The van der Waals surface area contributed by atoms with Crippen molar-refractivity contribution < 1.29 is 19.2 Å². The summed E-state index contributed by atoms with van der Waals surface area (Å²) in [7, 11) is 0. The van der Waals surface area contributed by atoms with Crippen molar-refractivity contribution in [1.29, 1.82) is 0 Å². The molecule has 0 spiro atoms. The molecule has 1 atom stereocenters. The summed E-state index contributed by atoms with van der Waals surface area (Å²) in [6.07, 6.45) is 0. The molecule has 2 heterocycles. The van der Waals surface area contributed by atoms with Crippen molar-refractivity contribution in [3.05, 3.63) is 101 Å². The van der Waals surface area contributed by atoms with E-state index in [0.717, 1.165) is 10.8 Å². The summed E-state index contributed by atoms with van der Waals surface area (Å²) < 4.78 is 5.14. The van der Waals surface area contributed by atoms with Gasteiger partial charge >= 0.3 is 5.91 Å². The molecule has 1 aliphatic rings. The first kappa shape index (κ1) is 18.8. The fourth-order valence-electron chi connectivity index (χ4n) is 3.98. The van der Waals surface area contributed by atoms with Crippen LogP contribution >= 0.6 is 0 Å². The van der Waals surface area contributed by atoms with Crippen LogP contribution in [0, 0.1) is 6.92 Å². The van der Waals surface area contributed by atoms with Gasteiger partial charge in [-0.2, -0.15) is 0 Å². The second-order valence-corrected chi connectivity index (χ2v) is 7.44. The second-order valence-electron chi connectivity index (χ2n) is 7.44. The van der Waals surface area contributed by atoms with Crippen LogP contribution < -0.4 is 4.90 Å². The number of aromatic nitrogens is 1. The molecule has 1 aromatic heterocycles. The molecule has 1 amide bonds. The van der Waals surface area contributed by atoms with Crippen molar-refractivity contribution >= 4 is 34.0 Å². The topological polar surface area (TPSA) is 83.6 Å². The zero-order valence-electron chi connectivity index (χ0n) is 16.6. The Balaban J connectivity index is 1.72. The number of anilines is 1. The Hall–Kier alpha value is -4.19. The highest BCUT2D eigenvalue weighted by Gasteiger charge is 2.48. The van der Waals surface area contributed by atoms with Crippen LogP contribution in [0.5, 0.6) is 0 Å². The molecule has 0 aliphatic carbocycles. The number of carbonyl (C=O) groups is 2. The van der Waals surface area contributed by atoms with E-state index in [4.69, 9.17) is 4.52 Å². The zero-order chi connectivity index (χ0) is 21.5. The van der Waals surface area contributed by atoms with Crippen LogP contribution in [0.2, 0.25) is 0 Å². The third-order valence-electron chi connectivity index (χ3n) is 5.44. The minimum Gasteiger partial charge on any atom is -0.507 e. The van der Waals surface area contributed by atoms with Gasteiger partial charge in [-0.3, -0.25) is 14.5 Å². The maximum absolute atomic E-state index is 13.1. The Kier molecular flexibility index (Phi) is 4.40. The summed E-state index contributed by atoms with van der Waals surface area (Å²) in [6, 6.07) is 23.0. The average molecular weight is 410 g/mol. The van der Waals surface area contributed by atoms with E-state index in [1.54, 1.807) is 25.1 Å². The summed E-state index contributed by atoms with van der Waals surface area (Å²) in [6.45, 7) is 1.71. The van der Waals surface area contributed by atoms with Crippen molar-refractivity contribution in [2.45, 2.75) is 13.0 Å². The minimum atomic E-state index is -0.822. The molecule has 1 aliphatic heterocycles. The molecular formula is C25H18N2O4. The zero-order valence-corrected chi connectivity index (χ0v) is 16.6. The highest BCUT2D eigenvalue weighted by Crippen LogP contribution is 2.42. The van der Waals surface area contributed by atoms with E-state index < -0.39 is 17.7 Å². The van der Waals surface area contributed by atoms with E-state index in [9.17, 15) is 14.7 Å². The lowest BCUT2D eigenvalue weighted by Crippen LogP contribution is -2.29. The minimum absolute atomic E-state index is 0.0205. The lowest BCUT2D eigenvalue weighted by atomic mass is 9.94. The number of ketones is 1. The summed E-state index contributed by atoms with van der Waals surface area (Å²) in [5, 5.41) is 17.1. The standard InChI is InChI=1S/C25H18N2O4/c1-15-13-20(26-31-15)27-22(17-8-3-2-4-9-17)21(24(29)25(27)30)23(28)19-12-11-16-7-5-6-10-18(16)14-19/h2-14,22,28H,1H3/t22-/m0/s1. The molecule has 152 valence electrons. The van der Waals surface area contributed by atoms with Gasteiger partial charge in [-0.25, -0.2) is 0 Å². The Morgan fingerprint density at radius 3 is 2.35 bits per heavy atom. The van der Waals surface area contributed by atoms with Gasteiger partial charge in [0.05, 0.1) is 11.6 Å². The van der Waals surface area contributed by atoms with Gasteiger partial charge < -0.3 is 9.63 Å². The van der Waals surface area contributed by atoms with Crippen LogP contribution in [0.3, 0.4) is 0 Å². The summed E-state index contributed by atoms with van der Waals surface area (Å²) in [5.74, 6) is -1.01. The summed E-state index contributed by atoms with van der Waals surface area (Å²) in [4.78, 5) is 27.4. The van der Waals surface area contributed by atoms with E-state index in [-0.39, 0.29) is 17.2 Å². The van der Waals surface area contributed by atoms with E-state index >= 15 is 0 Å². The number of hydrogen-bond donors (Lipinski definition) is 1. The van der Waals surface area contributed by atoms with Crippen LogP contribution in [0.1, 0.15) is 22.9 Å². The smallest absolute Gasteiger partial charge is 0.301 e. The van der Waals surface area contributed by atoms with Gasteiger partial charge in [0.1, 0.15) is 11.5 Å². The Morgan fingerprint density at radius 2 is 1.65 bits per heavy atom. The lowest BCUT2D eigenvalue weighted by Gasteiger charge is -2.22. The molecule has 1 fully saturated rings. The van der Waals surface area contributed by atoms with E-state index in [0.29, 0.717) is 16.9 Å². The van der Waals surface area contributed by atoms with Gasteiger partial charge in [0.25, 0.3) is 5.78 Å². The van der Waals surface area contributed by atoms with E-state index in [2.05, 4.69) is 5.16 Å². The number of nitrogens with zero attached hydrogens (tertiary/aromatic N) is 2. The van der Waals surface area contributed by atoms with Crippen molar-refractivity contribution in [3.63, 3.8) is 0 Å². The Morgan fingerprint density at radius 1 is 0.935 bits per heavy atom. The van der Waals surface area contributed by atoms with Crippen LogP contribution in [0.4, 0.5) is 5.82 Å². The predicted octanol–water partition coefficient (Wildman–Crippen LogP) is 4.76. The maximum atomic E-state index is 13.1. The van der Waals surface area contributed by atoms with Gasteiger partial charge in [0.2, 0.25) is 0 Å². The molecule has 4 aromatic rings. The molecule has 1 N–H and O–H groups in total. The highest BCUT2D eigenvalue weighted by atomic mass is 16.5. The van der Waals surface area contributed by atoms with Crippen LogP contribution in [-0.4, -0.2) is 22.0 Å². The number of benzene rings is 3. The molecule has 0 saturated carbocycles. The normalized spacial score (nSPS) is 18.1. The number of hydrogen-bond acceptors (Lipinski definition) is 5. The lowest BCUT2D eigenvalue weighted by molar-refractivity contribution is -0.132. The monoisotopic (exact) mass is 410 g/mol. The van der Waals surface area contributed by atoms with Gasteiger partial charge in [0, 0.05) is 11.6 Å². The molecule has 6 nitrogen and oxygen atoms in total. The van der Waals surface area contributed by atoms with E-state index in [1.165, 1.54) is 4.90 Å². The molecule has 31 heavy (non-hydrogen) atoms. The Labute approximate surface area is 178 Å². The third-order valence-corrected chi connectivity index (χ3v) is 5.44. The number of fused-ring (bicyclic) bond motifs is 1. The quantitative estimate of drug-likeness (QED) is 0.299. The number of aliphatic hydroxyl groups excluding tert-OH is 1. The molecule has 6 heteroatoms. The third kappa shape index (κ3) is 3.09. The fraction of sp³-hybridized carbons (Fsp3) is 0.0800. The summed E-state index contributed by atoms with van der Waals surface area (Å²) >= 11 is 0. The first-order valence-electron chi connectivity index (χ1n) is 9.83. The molecule has 0 radical (unpaired) electrons. The van der Waals surface area contributed by atoms with Gasteiger partial charge in [-0.15, -0.1) is 0 Å². The second kappa shape index (κ2) is 7.25. The number of rotatable bonds is 3. The first-order chi connectivity index (χ1) is 15.0. The van der Waals surface area contributed by atoms with Crippen LogP contribution in [-0.2, 0) is 9.59 Å². The van der Waals surface area contributed by atoms with Crippen molar-refractivity contribution in [1.82, 2.24) is 5.16 Å². The largest absolute Gasteiger partial charge is 0.507 e. The summed E-state index contributed by atoms with van der Waals surface area (Å²) in [5.41, 5.74) is 1.17. The molecule has 0 unspecified atom stereocenters. The number of aliphatic hydroxyl groups is 1. The van der Waals surface area contributed by atoms with Gasteiger partial charge in [0.15, 0.2) is 5.82 Å². The predicted molar refractivity (Wildman–Crippen MR) is 116 cm³/mol. The van der Waals surface area contributed by atoms with Gasteiger partial charge in [-0.1, -0.05) is 71.9 Å². The number of aryl methyl sites for hydroxylation is 1. The average Bonchev–Trinajstić information content (AvgIpc) is 3.34. The molecule has 1 saturated heterocycles. The highest BCUT2D eigenvalue weighted by molar-refractivity contribution is 6.51. The van der Waals surface area contributed by atoms with Crippen molar-refractivity contribution in [3.8, 4) is 0 Å². The SMILES string of the molecule is Cc1cc(N2C(=O)C(=O)C(=C(O)c3ccc4ccccc4c3)[C@@H]2c2ccccc2)no1. The van der Waals surface area contributed by atoms with Gasteiger partial charge in [-0.05, 0) is 29.3 Å². The molecular weight excluding hydrogens is 392 g/mol. The van der Waals surface area contributed by atoms with Crippen LogP contribution in [0.15, 0.2) is 89.0 Å². The van der Waals surface area contributed by atoms with Crippen molar-refractivity contribution in [2.75, 3.05) is 4.90 Å². The van der Waals surface area contributed by atoms with Crippen molar-refractivity contribution in [2.24, 2.45) is 0 Å². The number of amides is 1. The number of carbonyl (C=O) groups excluding carboxylic acids is 2. The molecule has 5 rings (SSSR count). The maximum Gasteiger partial charge on any atom is 0.301 e. The van der Waals surface area contributed by atoms with E-state index in [1.807, 2.05) is 60.7 Å².